The van der Waals surface area contributed by atoms with Gasteiger partial charge in [0, 0.05) is 6.04 Å². The summed E-state index contributed by atoms with van der Waals surface area (Å²) in [6, 6.07) is 0.872. The molecule has 4 rings (SSSR count). The highest BCUT2D eigenvalue weighted by Crippen LogP contribution is 2.70. The predicted octanol–water partition coefficient (Wildman–Crippen LogP) is 3.45. The van der Waals surface area contributed by atoms with Crippen LogP contribution in [0.5, 0.6) is 0 Å². The average molecular weight is 233 g/mol. The summed E-state index contributed by atoms with van der Waals surface area (Å²) in [6.07, 6.45) is 12.3. The lowest BCUT2D eigenvalue weighted by molar-refractivity contribution is 0.320. The van der Waals surface area contributed by atoms with Gasteiger partial charge in [-0.1, -0.05) is 25.7 Å². The molecule has 96 valence electrons. The highest BCUT2D eigenvalue weighted by molar-refractivity contribution is 5.15. The summed E-state index contributed by atoms with van der Waals surface area (Å²) in [4.78, 5) is 0. The molecule has 0 aliphatic heterocycles. The van der Waals surface area contributed by atoms with E-state index in [0.29, 0.717) is 0 Å². The van der Waals surface area contributed by atoms with E-state index in [1.807, 2.05) is 0 Å². The molecule has 0 heterocycles. The fourth-order valence-corrected chi connectivity index (χ4v) is 6.00. The van der Waals surface area contributed by atoms with Gasteiger partial charge in [-0.15, -0.1) is 0 Å². The molecule has 2 bridgehead atoms. The van der Waals surface area contributed by atoms with Crippen LogP contribution in [-0.4, -0.2) is 13.1 Å². The summed E-state index contributed by atoms with van der Waals surface area (Å²) in [5, 5.41) is 3.69. The monoisotopic (exact) mass is 233 g/mol. The molecule has 0 aromatic carbocycles. The Morgan fingerprint density at radius 1 is 1.00 bits per heavy atom. The molecule has 17 heavy (non-hydrogen) atoms. The molecule has 0 aromatic heterocycles. The minimum Gasteiger partial charge on any atom is -0.317 e. The van der Waals surface area contributed by atoms with Crippen molar-refractivity contribution in [3.05, 3.63) is 0 Å². The Hall–Kier alpha value is -0.0400. The van der Waals surface area contributed by atoms with Crippen molar-refractivity contribution in [1.29, 1.82) is 0 Å². The van der Waals surface area contributed by atoms with Crippen LogP contribution >= 0.6 is 0 Å². The fourth-order valence-electron chi connectivity index (χ4n) is 6.00. The van der Waals surface area contributed by atoms with Gasteiger partial charge in [0.2, 0.25) is 0 Å². The van der Waals surface area contributed by atoms with Crippen LogP contribution in [0.4, 0.5) is 0 Å². The second kappa shape index (κ2) is 3.98. The molecule has 4 saturated carbocycles. The zero-order valence-electron chi connectivity index (χ0n) is 11.2. The molecule has 0 amide bonds. The molecule has 0 spiro atoms. The number of hydrogen-bond donors (Lipinski definition) is 1. The van der Waals surface area contributed by atoms with Gasteiger partial charge in [-0.05, 0) is 68.2 Å². The van der Waals surface area contributed by atoms with Crippen molar-refractivity contribution in [2.24, 2.45) is 35.5 Å². The maximum absolute atomic E-state index is 3.69. The van der Waals surface area contributed by atoms with E-state index in [-0.39, 0.29) is 0 Å². The Bertz CT molecular complexity index is 278. The zero-order chi connectivity index (χ0) is 11.4. The van der Waals surface area contributed by atoms with Crippen molar-refractivity contribution in [2.75, 3.05) is 7.05 Å². The van der Waals surface area contributed by atoms with Gasteiger partial charge in [0.05, 0.1) is 0 Å². The lowest BCUT2D eigenvalue weighted by Gasteiger charge is -2.23. The van der Waals surface area contributed by atoms with Gasteiger partial charge in [-0.25, -0.2) is 0 Å². The first-order chi connectivity index (χ1) is 8.38. The van der Waals surface area contributed by atoms with E-state index >= 15 is 0 Å². The van der Waals surface area contributed by atoms with Crippen molar-refractivity contribution in [3.63, 3.8) is 0 Å². The molecule has 1 N–H and O–H groups in total. The number of rotatable bonds is 4. The van der Waals surface area contributed by atoms with E-state index in [9.17, 15) is 0 Å². The number of nitrogens with one attached hydrogen (secondary N) is 1. The number of hydrogen-bond acceptors (Lipinski definition) is 1. The third kappa shape index (κ3) is 1.61. The molecule has 1 heteroatoms. The SMILES string of the molecule is CNC(CC1CCCC1)C1C2C3CCC(C3)C21. The van der Waals surface area contributed by atoms with E-state index in [1.54, 1.807) is 19.3 Å². The van der Waals surface area contributed by atoms with Crippen LogP contribution in [0.1, 0.15) is 51.4 Å². The Labute approximate surface area is 106 Å². The Balaban J connectivity index is 1.40. The molecule has 1 nitrogen and oxygen atoms in total. The molecule has 0 aromatic rings. The van der Waals surface area contributed by atoms with E-state index in [1.165, 1.54) is 32.1 Å². The van der Waals surface area contributed by atoms with E-state index in [0.717, 1.165) is 41.5 Å². The smallest absolute Gasteiger partial charge is 0.0101 e. The van der Waals surface area contributed by atoms with Crippen molar-refractivity contribution in [2.45, 2.75) is 57.4 Å². The van der Waals surface area contributed by atoms with Crippen LogP contribution in [0.2, 0.25) is 0 Å². The van der Waals surface area contributed by atoms with Gasteiger partial charge in [0.1, 0.15) is 0 Å². The second-order valence-corrected chi connectivity index (χ2v) is 7.35. The largest absolute Gasteiger partial charge is 0.317 e. The van der Waals surface area contributed by atoms with Crippen LogP contribution in [0.3, 0.4) is 0 Å². The predicted molar refractivity (Wildman–Crippen MR) is 70.7 cm³/mol. The summed E-state index contributed by atoms with van der Waals surface area (Å²) in [7, 11) is 2.22. The average Bonchev–Trinajstić information content (AvgIpc) is 2.82. The topological polar surface area (TPSA) is 12.0 Å². The van der Waals surface area contributed by atoms with E-state index in [4.69, 9.17) is 0 Å². The second-order valence-electron chi connectivity index (χ2n) is 7.35. The Morgan fingerprint density at radius 3 is 2.24 bits per heavy atom. The van der Waals surface area contributed by atoms with Gasteiger partial charge in [0.15, 0.2) is 0 Å². The molecule has 4 aliphatic carbocycles. The summed E-state index contributed by atoms with van der Waals surface area (Å²) in [6.45, 7) is 0. The van der Waals surface area contributed by atoms with Crippen molar-refractivity contribution >= 4 is 0 Å². The summed E-state index contributed by atoms with van der Waals surface area (Å²) in [5.41, 5.74) is 0. The molecule has 4 aliphatic rings. The quantitative estimate of drug-likeness (QED) is 0.784. The fraction of sp³-hybridized carbons (Fsp3) is 1.00. The van der Waals surface area contributed by atoms with Crippen molar-refractivity contribution in [3.8, 4) is 0 Å². The van der Waals surface area contributed by atoms with Crippen LogP contribution in [0.25, 0.3) is 0 Å². The Morgan fingerprint density at radius 2 is 1.65 bits per heavy atom. The lowest BCUT2D eigenvalue weighted by Crippen LogP contribution is -2.32. The van der Waals surface area contributed by atoms with E-state index < -0.39 is 0 Å². The van der Waals surface area contributed by atoms with E-state index in [2.05, 4.69) is 12.4 Å². The highest BCUT2D eigenvalue weighted by Gasteiger charge is 2.66. The van der Waals surface area contributed by atoms with Crippen LogP contribution in [-0.2, 0) is 0 Å². The van der Waals surface area contributed by atoms with Gasteiger partial charge in [-0.2, -0.15) is 0 Å². The lowest BCUT2D eigenvalue weighted by atomic mass is 9.90. The van der Waals surface area contributed by atoms with Gasteiger partial charge in [-0.3, -0.25) is 0 Å². The molecule has 4 fully saturated rings. The maximum Gasteiger partial charge on any atom is 0.0101 e. The van der Waals surface area contributed by atoms with Crippen LogP contribution in [0.15, 0.2) is 0 Å². The molecular formula is C16H27N. The third-order valence-electron chi connectivity index (χ3n) is 6.69. The van der Waals surface area contributed by atoms with Gasteiger partial charge < -0.3 is 5.32 Å². The first-order valence-corrected chi connectivity index (χ1v) is 8.05. The van der Waals surface area contributed by atoms with Crippen LogP contribution in [0, 0.1) is 35.5 Å². The standard InChI is InChI=1S/C16H27N/c1-17-13(8-10-4-2-3-5-10)16-14-11-6-7-12(9-11)15(14)16/h10-17H,2-9H2,1H3. The number of fused-ring (bicyclic) bond motifs is 5. The normalized spacial score (nSPS) is 49.6. The minimum absolute atomic E-state index is 0.872. The zero-order valence-corrected chi connectivity index (χ0v) is 11.2. The first kappa shape index (κ1) is 10.8. The molecular weight excluding hydrogens is 206 g/mol. The third-order valence-corrected chi connectivity index (χ3v) is 6.69. The maximum atomic E-state index is 3.69. The summed E-state index contributed by atoms with van der Waals surface area (Å²) in [5.74, 6) is 6.77. The molecule has 5 atom stereocenters. The molecule has 5 unspecified atom stereocenters. The van der Waals surface area contributed by atoms with Gasteiger partial charge >= 0.3 is 0 Å². The highest BCUT2D eigenvalue weighted by atomic mass is 14.9. The minimum atomic E-state index is 0.872. The first-order valence-electron chi connectivity index (χ1n) is 8.05. The summed E-state index contributed by atoms with van der Waals surface area (Å²) < 4.78 is 0. The van der Waals surface area contributed by atoms with Crippen molar-refractivity contribution in [1.82, 2.24) is 5.32 Å². The van der Waals surface area contributed by atoms with Gasteiger partial charge in [0.25, 0.3) is 0 Å². The van der Waals surface area contributed by atoms with Crippen molar-refractivity contribution < 1.29 is 0 Å². The van der Waals surface area contributed by atoms with Crippen LogP contribution < -0.4 is 5.32 Å². The Kier molecular flexibility index (Phi) is 2.54. The molecule has 0 saturated heterocycles. The summed E-state index contributed by atoms with van der Waals surface area (Å²) >= 11 is 0. The molecule has 0 radical (unpaired) electrons.